The first-order chi connectivity index (χ1) is 1.00. The molecule has 0 rings (SSSR count). The van der Waals surface area contributed by atoms with Crippen LogP contribution in [0.4, 0.5) is 0 Å². The molecular formula is H6ClMo2Na2O4. The number of hydrogen-bond acceptors (Lipinski definition) is 2. The Morgan fingerprint density at radius 1 is 0.778 bits per heavy atom. The Balaban J connectivity index is -0.000000000238. The summed E-state index contributed by atoms with van der Waals surface area (Å²) in [4.78, 5) is 0. The molecule has 0 aromatic rings. The van der Waals surface area contributed by atoms with Gasteiger partial charge < -0.3 is 21.9 Å². The van der Waals surface area contributed by atoms with Gasteiger partial charge in [0.05, 0.1) is 0 Å². The minimum absolute atomic E-state index is 0. The van der Waals surface area contributed by atoms with E-state index >= 15 is 0 Å². The average Bonchev–Trinajstić information content (AvgIpc) is 1.00. The summed E-state index contributed by atoms with van der Waals surface area (Å²) in [7, 11) is 4.65. The Morgan fingerprint density at radius 2 is 0.778 bits per heavy atom. The van der Waals surface area contributed by atoms with E-state index in [-0.39, 0.29) is 102 Å². The van der Waals surface area contributed by atoms with Crippen molar-refractivity contribution in [2.75, 3.05) is 0 Å². The molecule has 0 aliphatic carbocycles. The second-order valence-electron chi connectivity index (χ2n) is 0. The second-order valence-corrected chi connectivity index (χ2v) is 0. The van der Waals surface area contributed by atoms with E-state index in [0.29, 0.717) is 0 Å². The molecule has 0 unspecified atom stereocenters. The van der Waals surface area contributed by atoms with Crippen molar-refractivity contribution in [3.8, 4) is 0 Å². The normalized spacial score (nSPS) is 0.556. The zero-order valence-electron chi connectivity index (χ0n) is 5.09. The van der Waals surface area contributed by atoms with Gasteiger partial charge in [-0.2, -0.15) is 0 Å². The first-order valence-corrected chi connectivity index (χ1v) is 2.74. The van der Waals surface area contributed by atoms with E-state index in [1.165, 1.54) is 18.8 Å². The molecule has 4 nitrogen and oxygen atoms in total. The fraction of sp³-hybridized carbons (Fsp3) is 0. The van der Waals surface area contributed by atoms with Crippen LogP contribution in [0.15, 0.2) is 0 Å². The molecule has 9 heteroatoms. The number of hydrogen-bond donors (Lipinski definition) is 0. The summed E-state index contributed by atoms with van der Waals surface area (Å²) in [6, 6.07) is 0. The van der Waals surface area contributed by atoms with Crippen LogP contribution in [-0.4, -0.2) is 21.9 Å². The Labute approximate surface area is 128 Å². The van der Waals surface area contributed by atoms with Gasteiger partial charge in [-0.1, -0.05) is 0 Å². The van der Waals surface area contributed by atoms with Crippen LogP contribution in [-0.2, 0) is 39.8 Å². The van der Waals surface area contributed by atoms with Crippen molar-refractivity contribution >= 4 is 9.42 Å². The van der Waals surface area contributed by atoms with Crippen molar-refractivity contribution in [3.63, 3.8) is 0 Å². The van der Waals surface area contributed by atoms with Gasteiger partial charge >= 0.3 is 87.3 Å². The van der Waals surface area contributed by atoms with Crippen LogP contribution in [0.25, 0.3) is 0 Å². The predicted molar refractivity (Wildman–Crippen MR) is 17.0 cm³/mol. The molecule has 0 fully saturated rings. The molecule has 0 aliphatic rings. The van der Waals surface area contributed by atoms with E-state index in [9.17, 15) is 0 Å². The summed E-state index contributed by atoms with van der Waals surface area (Å²) >= 11 is 1.42. The monoisotopic (exact) mass is 347 g/mol. The summed E-state index contributed by atoms with van der Waals surface area (Å²) in [5.74, 6) is 0. The van der Waals surface area contributed by atoms with Crippen molar-refractivity contribution in [3.05, 3.63) is 0 Å². The van der Waals surface area contributed by atoms with Crippen LogP contribution in [0.3, 0.4) is 0 Å². The van der Waals surface area contributed by atoms with E-state index in [4.69, 9.17) is 0 Å². The van der Waals surface area contributed by atoms with Gasteiger partial charge in [0.2, 0.25) is 0 Å². The molecule has 0 amide bonds. The van der Waals surface area contributed by atoms with Gasteiger partial charge in [0.25, 0.3) is 0 Å². The Bertz CT molecular complexity index is 16.5. The maximum absolute atomic E-state index is 4.65. The molecule has 9 heavy (non-hydrogen) atoms. The third-order valence-electron chi connectivity index (χ3n) is 0. The van der Waals surface area contributed by atoms with Crippen LogP contribution in [0.5, 0.6) is 0 Å². The van der Waals surface area contributed by atoms with Crippen LogP contribution in [0, 0.1) is 0 Å². The van der Waals surface area contributed by atoms with Crippen molar-refractivity contribution in [2.24, 2.45) is 0 Å². The molecule has 0 radical (unpaired) electrons. The van der Waals surface area contributed by atoms with E-state index in [2.05, 4.69) is 9.42 Å². The van der Waals surface area contributed by atoms with Gasteiger partial charge in [-0.25, -0.2) is 0 Å². The third-order valence-corrected chi connectivity index (χ3v) is 0. The maximum atomic E-state index is 4.65. The molecule has 0 aliphatic heterocycles. The van der Waals surface area contributed by atoms with Crippen LogP contribution < -0.4 is 59.1 Å². The summed E-state index contributed by atoms with van der Waals surface area (Å²) in [6.07, 6.45) is 0. The summed E-state index contributed by atoms with van der Waals surface area (Å²) in [5.41, 5.74) is 0. The molecule has 0 saturated heterocycles. The number of halogens is 1. The standard InChI is InChI=1S/ClH.2Mo.2Na.4H2O/h1H;;;;;4*1H2/q;;3*+1;;;;/p-3. The molecular weight excluding hydrogens is 337 g/mol. The Morgan fingerprint density at radius 3 is 0.778 bits per heavy atom. The first-order valence-electron chi connectivity index (χ1n) is 0.154. The van der Waals surface area contributed by atoms with E-state index < -0.39 is 0 Å². The van der Waals surface area contributed by atoms with Gasteiger partial charge in [0.1, 0.15) is 0 Å². The Kier molecular flexibility index (Phi) is 936. The van der Waals surface area contributed by atoms with Crippen molar-refractivity contribution < 1.29 is 121 Å². The van der Waals surface area contributed by atoms with Crippen LogP contribution >= 0.6 is 9.42 Å². The van der Waals surface area contributed by atoms with Gasteiger partial charge in [-0.15, -0.1) is 0 Å². The molecule has 0 saturated carbocycles. The van der Waals surface area contributed by atoms with Gasteiger partial charge in [0.15, 0.2) is 0 Å². The summed E-state index contributed by atoms with van der Waals surface area (Å²) in [5, 5.41) is 0. The Hall–Kier alpha value is 3.51. The average molecular weight is 343 g/mol. The zero-order valence-corrected chi connectivity index (χ0v) is 13.9. The largest absolute Gasteiger partial charge is 1.00 e. The predicted octanol–water partition coefficient (Wildman–Crippen LogP) is -7.31. The number of rotatable bonds is 0. The zero-order chi connectivity index (χ0) is 2.00. The molecule has 0 aromatic carbocycles. The van der Waals surface area contributed by atoms with Crippen molar-refractivity contribution in [2.45, 2.75) is 0 Å². The SMILES string of the molecule is O.O.[Cl][Mo].[Mo].[Na+].[Na+].[OH-].[OH-]. The van der Waals surface area contributed by atoms with Crippen molar-refractivity contribution in [1.29, 1.82) is 0 Å². The van der Waals surface area contributed by atoms with E-state index in [1.807, 2.05) is 0 Å². The first kappa shape index (κ1) is 81.5. The summed E-state index contributed by atoms with van der Waals surface area (Å²) < 4.78 is 0. The molecule has 0 heterocycles. The molecule has 6 N–H and O–H groups in total. The molecule has 51 valence electrons. The van der Waals surface area contributed by atoms with Crippen LogP contribution in [0.2, 0.25) is 0 Å². The summed E-state index contributed by atoms with van der Waals surface area (Å²) in [6.45, 7) is 0. The van der Waals surface area contributed by atoms with Gasteiger partial charge in [-0.05, 0) is 0 Å². The van der Waals surface area contributed by atoms with E-state index in [1.54, 1.807) is 0 Å². The van der Waals surface area contributed by atoms with Gasteiger partial charge in [0, 0.05) is 21.1 Å². The van der Waals surface area contributed by atoms with Crippen molar-refractivity contribution in [1.82, 2.24) is 0 Å². The second kappa shape index (κ2) is 103. The molecule has 0 atom stereocenters. The van der Waals surface area contributed by atoms with Gasteiger partial charge in [-0.3, -0.25) is 0 Å². The fourth-order valence-corrected chi connectivity index (χ4v) is 0. The minimum atomic E-state index is 0. The smallest absolute Gasteiger partial charge is 0.870 e. The third kappa shape index (κ3) is 84.6. The van der Waals surface area contributed by atoms with E-state index in [0.717, 1.165) is 0 Å². The maximum Gasteiger partial charge on any atom is 1.00 e. The molecule has 0 spiro atoms. The minimum Gasteiger partial charge on any atom is -0.870 e. The molecule has 0 aromatic heterocycles. The molecule has 0 bridgehead atoms. The quantitative estimate of drug-likeness (QED) is 0.406. The fourth-order valence-electron chi connectivity index (χ4n) is 0. The topological polar surface area (TPSA) is 123 Å². The van der Waals surface area contributed by atoms with Crippen LogP contribution in [0.1, 0.15) is 0 Å².